The molecule has 2 aromatic carbocycles. The van der Waals surface area contributed by atoms with Crippen LogP contribution in [0.25, 0.3) is 10.8 Å². The van der Waals surface area contributed by atoms with Crippen molar-refractivity contribution < 1.29 is 19.4 Å². The van der Waals surface area contributed by atoms with E-state index in [0.717, 1.165) is 34.7 Å². The molecule has 0 heterocycles. The zero-order valence-electron chi connectivity index (χ0n) is 20.4. The Morgan fingerprint density at radius 3 is 2.50 bits per heavy atom. The molecule has 0 spiro atoms. The molecule has 0 aromatic heterocycles. The lowest BCUT2D eigenvalue weighted by Crippen LogP contribution is -2.38. The number of aryl methyl sites for hydroxylation is 1. The molecular weight excluding hydrogens is 468 g/mol. The fraction of sp³-hybridized carbons (Fsp3) is 0.593. The molecule has 3 rings (SSSR count). The Hall–Kier alpha value is -1.59. The van der Waals surface area contributed by atoms with Crippen molar-refractivity contribution in [3.05, 3.63) is 39.9 Å². The third-order valence-electron chi connectivity index (χ3n) is 6.50. The summed E-state index contributed by atoms with van der Waals surface area (Å²) in [6.45, 7) is 14.3. The number of ether oxygens (including phenoxy) is 2. The number of hydrogen-bond donors (Lipinski definition) is 1. The van der Waals surface area contributed by atoms with E-state index in [4.69, 9.17) is 9.47 Å². The fourth-order valence-corrected chi connectivity index (χ4v) is 5.23. The summed E-state index contributed by atoms with van der Waals surface area (Å²) in [4.78, 5) is 13.6. The van der Waals surface area contributed by atoms with Crippen molar-refractivity contribution in [3.63, 3.8) is 0 Å². The van der Waals surface area contributed by atoms with Crippen molar-refractivity contribution in [2.24, 2.45) is 17.8 Å². The molecule has 176 valence electrons. The van der Waals surface area contributed by atoms with Crippen LogP contribution >= 0.6 is 15.9 Å². The fourth-order valence-electron chi connectivity index (χ4n) is 4.87. The third-order valence-corrected chi connectivity index (χ3v) is 6.99. The normalized spacial score (nSPS) is 22.8. The van der Waals surface area contributed by atoms with Crippen LogP contribution in [0.2, 0.25) is 0 Å². The largest absolute Gasteiger partial charge is 0.507 e. The van der Waals surface area contributed by atoms with Crippen LogP contribution in [0.5, 0.6) is 5.75 Å². The van der Waals surface area contributed by atoms with Gasteiger partial charge in [-0.3, -0.25) is 0 Å². The van der Waals surface area contributed by atoms with Gasteiger partial charge >= 0.3 is 5.97 Å². The lowest BCUT2D eigenvalue weighted by Gasteiger charge is -2.38. The molecule has 1 saturated carbocycles. The summed E-state index contributed by atoms with van der Waals surface area (Å²) in [5.41, 5.74) is 0.702. The van der Waals surface area contributed by atoms with Gasteiger partial charge in [-0.1, -0.05) is 55.3 Å². The summed E-state index contributed by atoms with van der Waals surface area (Å²) in [6, 6.07) is 7.74. The minimum Gasteiger partial charge on any atom is -0.507 e. The Labute approximate surface area is 200 Å². The lowest BCUT2D eigenvalue weighted by atomic mass is 9.75. The Balaban J connectivity index is 2.03. The van der Waals surface area contributed by atoms with Gasteiger partial charge in [0.15, 0.2) is 6.10 Å². The van der Waals surface area contributed by atoms with Gasteiger partial charge in [0.1, 0.15) is 11.9 Å². The van der Waals surface area contributed by atoms with E-state index in [1.54, 1.807) is 0 Å². The van der Waals surface area contributed by atoms with E-state index in [-0.39, 0.29) is 11.9 Å². The maximum Gasteiger partial charge on any atom is 0.340 e. The number of benzene rings is 2. The smallest absolute Gasteiger partial charge is 0.340 e. The minimum absolute atomic E-state index is 0.0740. The first-order chi connectivity index (χ1) is 14.9. The highest BCUT2D eigenvalue weighted by atomic mass is 79.9. The van der Waals surface area contributed by atoms with Gasteiger partial charge in [0, 0.05) is 15.4 Å². The summed E-state index contributed by atoms with van der Waals surface area (Å²) in [7, 11) is 0. The molecule has 5 heteroatoms. The zero-order chi connectivity index (χ0) is 23.8. The zero-order valence-corrected chi connectivity index (χ0v) is 22.0. The first-order valence-electron chi connectivity index (χ1n) is 11.7. The van der Waals surface area contributed by atoms with Crippen LogP contribution in [-0.2, 0) is 14.3 Å². The predicted octanol–water partition coefficient (Wildman–Crippen LogP) is 7.48. The monoisotopic (exact) mass is 504 g/mol. The lowest BCUT2D eigenvalue weighted by molar-refractivity contribution is -0.179. The van der Waals surface area contributed by atoms with Crippen LogP contribution in [0.3, 0.4) is 0 Å². The summed E-state index contributed by atoms with van der Waals surface area (Å²) in [6.07, 6.45) is 1.97. The molecule has 0 radical (unpaired) electrons. The van der Waals surface area contributed by atoms with Crippen LogP contribution in [0.1, 0.15) is 78.0 Å². The quantitative estimate of drug-likeness (QED) is 0.428. The number of phenols is 1. The summed E-state index contributed by atoms with van der Waals surface area (Å²) < 4.78 is 13.3. The Morgan fingerprint density at radius 1 is 1.19 bits per heavy atom. The van der Waals surface area contributed by atoms with Gasteiger partial charge in [-0.05, 0) is 81.4 Å². The van der Waals surface area contributed by atoms with E-state index in [2.05, 4.69) is 36.7 Å². The van der Waals surface area contributed by atoms with Crippen molar-refractivity contribution in [3.8, 4) is 5.75 Å². The molecule has 1 unspecified atom stereocenters. The number of fused-ring (bicyclic) bond motifs is 1. The molecule has 32 heavy (non-hydrogen) atoms. The second-order valence-corrected chi connectivity index (χ2v) is 11.6. The highest BCUT2D eigenvalue weighted by Gasteiger charge is 2.38. The third kappa shape index (κ3) is 5.66. The molecule has 1 aliphatic rings. The SMILES string of the molecule is Cc1cc2ccc(Br)cc2c(O)c1C(OC(C)(C)C)C(=O)O[C@@H]1C[C@H](C)CC[C@H]1C(C)C. The highest BCUT2D eigenvalue weighted by molar-refractivity contribution is 9.10. The first kappa shape index (κ1) is 25.0. The van der Waals surface area contributed by atoms with Gasteiger partial charge in [0.05, 0.1) is 5.60 Å². The number of carbonyl (C=O) groups is 1. The van der Waals surface area contributed by atoms with E-state index in [9.17, 15) is 9.90 Å². The molecule has 1 fully saturated rings. The molecule has 4 atom stereocenters. The van der Waals surface area contributed by atoms with Crippen LogP contribution in [-0.4, -0.2) is 22.8 Å². The first-order valence-corrected chi connectivity index (χ1v) is 12.5. The molecule has 0 bridgehead atoms. The average Bonchev–Trinajstić information content (AvgIpc) is 2.66. The highest BCUT2D eigenvalue weighted by Crippen LogP contribution is 2.41. The van der Waals surface area contributed by atoms with Gasteiger partial charge in [-0.2, -0.15) is 0 Å². The van der Waals surface area contributed by atoms with E-state index in [0.29, 0.717) is 28.7 Å². The second kappa shape index (κ2) is 9.72. The average molecular weight is 505 g/mol. The number of rotatable bonds is 5. The molecule has 0 aliphatic heterocycles. The van der Waals surface area contributed by atoms with Crippen molar-refractivity contribution in [2.75, 3.05) is 0 Å². The van der Waals surface area contributed by atoms with Crippen LogP contribution in [0, 0.1) is 24.7 Å². The summed E-state index contributed by atoms with van der Waals surface area (Å²) in [5, 5.41) is 12.8. The maximum absolute atomic E-state index is 13.6. The minimum atomic E-state index is -0.997. The van der Waals surface area contributed by atoms with E-state index >= 15 is 0 Å². The number of hydrogen-bond acceptors (Lipinski definition) is 4. The van der Waals surface area contributed by atoms with Crippen molar-refractivity contribution in [1.29, 1.82) is 0 Å². The number of carbonyl (C=O) groups excluding carboxylic acids is 1. The Morgan fingerprint density at radius 2 is 1.88 bits per heavy atom. The Bertz CT molecular complexity index is 976. The topological polar surface area (TPSA) is 55.8 Å². The molecular formula is C27H37BrO4. The van der Waals surface area contributed by atoms with Gasteiger partial charge in [0.25, 0.3) is 0 Å². The van der Waals surface area contributed by atoms with Crippen LogP contribution in [0.15, 0.2) is 28.7 Å². The number of esters is 1. The predicted molar refractivity (Wildman–Crippen MR) is 133 cm³/mol. The van der Waals surface area contributed by atoms with Gasteiger partial charge in [-0.15, -0.1) is 0 Å². The molecule has 0 amide bonds. The van der Waals surface area contributed by atoms with Gasteiger partial charge in [0.2, 0.25) is 0 Å². The van der Waals surface area contributed by atoms with Gasteiger partial charge in [-0.25, -0.2) is 4.79 Å². The van der Waals surface area contributed by atoms with E-state index < -0.39 is 17.7 Å². The number of aromatic hydroxyl groups is 1. The number of phenolic OH excluding ortho intramolecular Hbond substituents is 1. The van der Waals surface area contributed by atoms with Crippen LogP contribution in [0.4, 0.5) is 0 Å². The van der Waals surface area contributed by atoms with Crippen molar-refractivity contribution in [2.45, 2.75) is 85.5 Å². The summed E-state index contributed by atoms with van der Waals surface area (Å²) >= 11 is 3.48. The Kier molecular flexibility index (Phi) is 7.61. The molecule has 2 aromatic rings. The number of halogens is 1. The van der Waals surface area contributed by atoms with E-state index in [1.807, 2.05) is 52.0 Å². The second-order valence-electron chi connectivity index (χ2n) is 10.7. The van der Waals surface area contributed by atoms with E-state index in [1.165, 1.54) is 0 Å². The maximum atomic E-state index is 13.6. The summed E-state index contributed by atoms with van der Waals surface area (Å²) in [5.74, 6) is 0.961. The molecule has 4 nitrogen and oxygen atoms in total. The molecule has 0 saturated heterocycles. The van der Waals surface area contributed by atoms with Crippen LogP contribution < -0.4 is 0 Å². The van der Waals surface area contributed by atoms with Gasteiger partial charge < -0.3 is 14.6 Å². The van der Waals surface area contributed by atoms with Crippen molar-refractivity contribution in [1.82, 2.24) is 0 Å². The standard InChI is InChI=1S/C27H37BrO4/c1-15(2)20-11-8-16(3)12-22(20)31-26(30)25(32-27(5,6)7)23-17(4)13-18-9-10-19(28)14-21(18)24(23)29/h9-10,13-16,20,22,25,29H,8,11-12H2,1-7H3/t16-,20+,22-,25?/m1/s1. The van der Waals surface area contributed by atoms with Crippen molar-refractivity contribution >= 4 is 32.7 Å². The molecule has 1 N–H and O–H groups in total. The molecule has 1 aliphatic carbocycles.